The van der Waals surface area contributed by atoms with Crippen molar-refractivity contribution in [3.63, 3.8) is 0 Å². The standard InChI is InChI=1S/C14H17N3O2/c18-13-9-16(8-6-15-13)10-14(19)17-7-5-11-3-1-2-4-12(11)17/h1-4H,5-10H2,(H,15,18). The molecule has 5 nitrogen and oxygen atoms in total. The molecule has 0 aliphatic carbocycles. The van der Waals surface area contributed by atoms with Crippen LogP contribution in [0.15, 0.2) is 24.3 Å². The van der Waals surface area contributed by atoms with E-state index in [1.165, 1.54) is 5.56 Å². The Hall–Kier alpha value is -1.88. The molecule has 0 aromatic heterocycles. The fourth-order valence-electron chi connectivity index (χ4n) is 2.70. The molecule has 2 heterocycles. The maximum atomic E-state index is 12.3. The number of hydrogen-bond acceptors (Lipinski definition) is 3. The summed E-state index contributed by atoms with van der Waals surface area (Å²) in [5.41, 5.74) is 2.25. The topological polar surface area (TPSA) is 52.7 Å². The van der Waals surface area contributed by atoms with Crippen molar-refractivity contribution >= 4 is 17.5 Å². The highest BCUT2D eigenvalue weighted by atomic mass is 16.2. The van der Waals surface area contributed by atoms with Gasteiger partial charge in [-0.05, 0) is 18.1 Å². The smallest absolute Gasteiger partial charge is 0.241 e. The predicted molar refractivity (Wildman–Crippen MR) is 71.9 cm³/mol. The molecule has 1 fully saturated rings. The van der Waals surface area contributed by atoms with Crippen LogP contribution < -0.4 is 10.2 Å². The molecule has 1 saturated heterocycles. The number of fused-ring (bicyclic) bond motifs is 1. The lowest BCUT2D eigenvalue weighted by molar-refractivity contribution is -0.126. The molecule has 1 N–H and O–H groups in total. The van der Waals surface area contributed by atoms with Crippen LogP contribution in [0.5, 0.6) is 0 Å². The van der Waals surface area contributed by atoms with Crippen LogP contribution in [-0.2, 0) is 16.0 Å². The molecule has 2 aliphatic heterocycles. The van der Waals surface area contributed by atoms with Crippen molar-refractivity contribution < 1.29 is 9.59 Å². The van der Waals surface area contributed by atoms with Gasteiger partial charge in [-0.1, -0.05) is 18.2 Å². The van der Waals surface area contributed by atoms with Gasteiger partial charge < -0.3 is 10.2 Å². The molecular weight excluding hydrogens is 242 g/mol. The molecule has 2 amide bonds. The zero-order valence-corrected chi connectivity index (χ0v) is 10.8. The van der Waals surface area contributed by atoms with Gasteiger partial charge in [-0.25, -0.2) is 0 Å². The molecule has 0 atom stereocenters. The predicted octanol–water partition coefficient (Wildman–Crippen LogP) is 0.00750. The first-order chi connectivity index (χ1) is 9.24. The van der Waals surface area contributed by atoms with E-state index in [0.29, 0.717) is 19.6 Å². The molecule has 1 aromatic rings. The lowest BCUT2D eigenvalue weighted by Crippen LogP contribution is -2.51. The lowest BCUT2D eigenvalue weighted by atomic mass is 10.2. The Kier molecular flexibility index (Phi) is 3.21. The van der Waals surface area contributed by atoms with E-state index in [2.05, 4.69) is 11.4 Å². The summed E-state index contributed by atoms with van der Waals surface area (Å²) >= 11 is 0. The number of benzene rings is 1. The van der Waals surface area contributed by atoms with Crippen LogP contribution in [0.1, 0.15) is 5.56 Å². The van der Waals surface area contributed by atoms with Crippen molar-refractivity contribution in [2.75, 3.05) is 37.6 Å². The highest BCUT2D eigenvalue weighted by Crippen LogP contribution is 2.27. The Balaban J connectivity index is 1.67. The van der Waals surface area contributed by atoms with Gasteiger partial charge in [-0.2, -0.15) is 0 Å². The molecule has 100 valence electrons. The van der Waals surface area contributed by atoms with Gasteiger partial charge in [0.2, 0.25) is 11.8 Å². The fourth-order valence-corrected chi connectivity index (χ4v) is 2.70. The number of piperazine rings is 1. The molecule has 0 radical (unpaired) electrons. The first-order valence-electron chi connectivity index (χ1n) is 6.61. The summed E-state index contributed by atoms with van der Waals surface area (Å²) in [5.74, 6) is 0.0838. The average molecular weight is 259 g/mol. The summed E-state index contributed by atoms with van der Waals surface area (Å²) in [5, 5.41) is 2.76. The van der Waals surface area contributed by atoms with E-state index in [4.69, 9.17) is 0 Å². The van der Waals surface area contributed by atoms with Gasteiger partial charge in [0.15, 0.2) is 0 Å². The minimum atomic E-state index is 0.000807. The number of amides is 2. The van der Waals surface area contributed by atoms with Gasteiger partial charge >= 0.3 is 0 Å². The number of hydrogen-bond donors (Lipinski definition) is 1. The number of carbonyl (C=O) groups excluding carboxylic acids is 2. The first-order valence-corrected chi connectivity index (χ1v) is 6.61. The maximum Gasteiger partial charge on any atom is 0.241 e. The monoisotopic (exact) mass is 259 g/mol. The second kappa shape index (κ2) is 5.01. The second-order valence-electron chi connectivity index (χ2n) is 4.98. The molecule has 1 aromatic carbocycles. The molecule has 0 unspecified atom stereocenters. The Morgan fingerprint density at radius 3 is 2.95 bits per heavy atom. The van der Waals surface area contributed by atoms with E-state index in [0.717, 1.165) is 25.2 Å². The van der Waals surface area contributed by atoms with Crippen molar-refractivity contribution in [2.24, 2.45) is 0 Å². The SMILES string of the molecule is O=C1CN(CC(=O)N2CCc3ccccc32)CCN1. The van der Waals surface area contributed by atoms with E-state index in [1.54, 1.807) is 0 Å². The van der Waals surface area contributed by atoms with Crippen LogP contribution >= 0.6 is 0 Å². The van der Waals surface area contributed by atoms with E-state index in [1.807, 2.05) is 28.0 Å². The second-order valence-corrected chi connectivity index (χ2v) is 4.98. The zero-order valence-electron chi connectivity index (χ0n) is 10.8. The summed E-state index contributed by atoms with van der Waals surface area (Å²) in [6.07, 6.45) is 0.919. The van der Waals surface area contributed by atoms with E-state index < -0.39 is 0 Å². The van der Waals surface area contributed by atoms with E-state index in [9.17, 15) is 9.59 Å². The summed E-state index contributed by atoms with van der Waals surface area (Å²) in [4.78, 5) is 27.4. The number of anilines is 1. The molecular formula is C14H17N3O2. The van der Waals surface area contributed by atoms with Crippen molar-refractivity contribution in [1.82, 2.24) is 10.2 Å². The van der Waals surface area contributed by atoms with Gasteiger partial charge in [0, 0.05) is 25.3 Å². The number of carbonyl (C=O) groups is 2. The van der Waals surface area contributed by atoms with Crippen LogP contribution in [0.25, 0.3) is 0 Å². The van der Waals surface area contributed by atoms with Crippen LogP contribution in [0.2, 0.25) is 0 Å². The van der Waals surface area contributed by atoms with Crippen LogP contribution in [-0.4, -0.2) is 49.4 Å². The summed E-state index contributed by atoms with van der Waals surface area (Å²) in [6.45, 7) is 2.76. The van der Waals surface area contributed by atoms with Crippen molar-refractivity contribution in [2.45, 2.75) is 6.42 Å². The van der Waals surface area contributed by atoms with Crippen LogP contribution in [0.3, 0.4) is 0 Å². The quantitative estimate of drug-likeness (QED) is 0.814. The summed E-state index contributed by atoms with van der Waals surface area (Å²) in [6, 6.07) is 8.01. The Morgan fingerprint density at radius 2 is 2.11 bits per heavy atom. The third-order valence-corrected chi connectivity index (χ3v) is 3.66. The zero-order chi connectivity index (χ0) is 13.2. The van der Waals surface area contributed by atoms with Crippen molar-refractivity contribution in [1.29, 1.82) is 0 Å². The van der Waals surface area contributed by atoms with Gasteiger partial charge in [-0.3, -0.25) is 14.5 Å². The number of para-hydroxylation sites is 1. The molecule has 0 spiro atoms. The molecule has 3 rings (SSSR count). The van der Waals surface area contributed by atoms with Crippen LogP contribution in [0.4, 0.5) is 5.69 Å². The number of nitrogens with one attached hydrogen (secondary N) is 1. The Labute approximate surface area is 112 Å². The summed E-state index contributed by atoms with van der Waals surface area (Å²) < 4.78 is 0. The fraction of sp³-hybridized carbons (Fsp3) is 0.429. The van der Waals surface area contributed by atoms with Gasteiger partial charge in [-0.15, -0.1) is 0 Å². The molecule has 5 heteroatoms. The largest absolute Gasteiger partial charge is 0.354 e. The summed E-state index contributed by atoms with van der Waals surface area (Å²) in [7, 11) is 0. The normalized spacial score (nSPS) is 19.2. The Morgan fingerprint density at radius 1 is 1.26 bits per heavy atom. The van der Waals surface area contributed by atoms with Gasteiger partial charge in [0.05, 0.1) is 13.1 Å². The first kappa shape index (κ1) is 12.2. The van der Waals surface area contributed by atoms with E-state index in [-0.39, 0.29) is 11.8 Å². The lowest BCUT2D eigenvalue weighted by Gasteiger charge is -2.28. The minimum absolute atomic E-state index is 0.000807. The molecule has 19 heavy (non-hydrogen) atoms. The molecule has 2 aliphatic rings. The third-order valence-electron chi connectivity index (χ3n) is 3.66. The molecule has 0 bridgehead atoms. The van der Waals surface area contributed by atoms with E-state index >= 15 is 0 Å². The Bertz CT molecular complexity index is 515. The van der Waals surface area contributed by atoms with Gasteiger partial charge in [0.1, 0.15) is 0 Å². The average Bonchev–Trinajstić information content (AvgIpc) is 2.82. The highest BCUT2D eigenvalue weighted by molar-refractivity contribution is 5.97. The van der Waals surface area contributed by atoms with Gasteiger partial charge in [0.25, 0.3) is 0 Å². The van der Waals surface area contributed by atoms with Crippen LogP contribution in [0, 0.1) is 0 Å². The van der Waals surface area contributed by atoms with Crippen molar-refractivity contribution in [3.8, 4) is 0 Å². The molecule has 0 saturated carbocycles. The van der Waals surface area contributed by atoms with Crippen molar-refractivity contribution in [3.05, 3.63) is 29.8 Å². The number of rotatable bonds is 2. The minimum Gasteiger partial charge on any atom is -0.354 e. The third kappa shape index (κ3) is 2.46. The maximum absolute atomic E-state index is 12.3. The highest BCUT2D eigenvalue weighted by Gasteiger charge is 2.26. The number of nitrogens with zero attached hydrogens (tertiary/aromatic N) is 2.